The lowest BCUT2D eigenvalue weighted by Gasteiger charge is -2.18. The largest absolute Gasteiger partial charge is 0.454 e. The fraction of sp³-hybridized carbons (Fsp3) is 0.500. The average Bonchev–Trinajstić information content (AvgIpc) is 2.21. The van der Waals surface area contributed by atoms with E-state index in [1.165, 1.54) is 6.08 Å². The van der Waals surface area contributed by atoms with E-state index in [9.17, 15) is 14.4 Å². The molecule has 0 saturated heterocycles. The Hall–Kier alpha value is -1.71. The highest BCUT2D eigenvalue weighted by molar-refractivity contribution is 6.62. The summed E-state index contributed by atoms with van der Waals surface area (Å²) in [5.41, 5.74) is 0.748. The van der Waals surface area contributed by atoms with Gasteiger partial charge < -0.3 is 4.74 Å². The van der Waals surface area contributed by atoms with Gasteiger partial charge in [0.05, 0.1) is 0 Å². The van der Waals surface area contributed by atoms with Crippen molar-refractivity contribution >= 4 is 17.5 Å². The monoisotopic (exact) mass is 252 g/mol. The first-order valence-corrected chi connectivity index (χ1v) is 5.67. The van der Waals surface area contributed by atoms with Gasteiger partial charge in [-0.3, -0.25) is 9.59 Å². The number of esters is 1. The normalized spacial score (nSPS) is 10.5. The van der Waals surface area contributed by atoms with Crippen molar-refractivity contribution in [3.8, 4) is 0 Å². The summed E-state index contributed by atoms with van der Waals surface area (Å²) in [6, 6.07) is 0. The smallest absolute Gasteiger partial charge is 0.383 e. The van der Waals surface area contributed by atoms with Gasteiger partial charge >= 0.3 is 11.8 Å². The van der Waals surface area contributed by atoms with Gasteiger partial charge in [0.25, 0.3) is 0 Å². The lowest BCUT2D eigenvalue weighted by atomic mass is 10.0. The SMILES string of the molecule is C=CC(CC(=O)C(=O)C(=O)OC(C)(C)C)=C(C)C. The molecule has 0 unspecified atom stereocenters. The molecule has 0 radical (unpaired) electrons. The molecule has 4 nitrogen and oxygen atoms in total. The maximum absolute atomic E-state index is 11.6. The first-order valence-electron chi connectivity index (χ1n) is 5.67. The summed E-state index contributed by atoms with van der Waals surface area (Å²) in [4.78, 5) is 34.5. The van der Waals surface area contributed by atoms with E-state index in [0.29, 0.717) is 5.57 Å². The number of rotatable bonds is 5. The summed E-state index contributed by atoms with van der Waals surface area (Å²) in [7, 11) is 0. The Bertz CT molecular complexity index is 404. The van der Waals surface area contributed by atoms with Crippen molar-refractivity contribution < 1.29 is 19.1 Å². The van der Waals surface area contributed by atoms with Crippen LogP contribution in [0.1, 0.15) is 41.0 Å². The van der Waals surface area contributed by atoms with Crippen LogP contribution in [0.4, 0.5) is 0 Å². The number of hydrogen-bond acceptors (Lipinski definition) is 4. The van der Waals surface area contributed by atoms with Crippen LogP contribution in [0.2, 0.25) is 0 Å². The van der Waals surface area contributed by atoms with Crippen molar-refractivity contribution in [2.45, 2.75) is 46.6 Å². The number of ketones is 2. The maximum Gasteiger partial charge on any atom is 0.383 e. The first kappa shape index (κ1) is 16.3. The molecule has 0 aromatic rings. The van der Waals surface area contributed by atoms with Gasteiger partial charge in [-0.1, -0.05) is 18.2 Å². The third-order valence-corrected chi connectivity index (χ3v) is 2.08. The molecule has 4 heteroatoms. The van der Waals surface area contributed by atoms with Crippen molar-refractivity contribution in [1.82, 2.24) is 0 Å². The number of carbonyl (C=O) groups is 3. The van der Waals surface area contributed by atoms with E-state index in [1.54, 1.807) is 20.8 Å². The van der Waals surface area contributed by atoms with Gasteiger partial charge in [0.15, 0.2) is 0 Å². The highest BCUT2D eigenvalue weighted by atomic mass is 16.6. The highest BCUT2D eigenvalue weighted by Gasteiger charge is 2.28. The van der Waals surface area contributed by atoms with Crippen molar-refractivity contribution in [3.63, 3.8) is 0 Å². The Morgan fingerprint density at radius 1 is 1.17 bits per heavy atom. The molecule has 0 aliphatic rings. The topological polar surface area (TPSA) is 60.4 Å². The Labute approximate surface area is 108 Å². The number of ether oxygens (including phenoxy) is 1. The second kappa shape index (κ2) is 6.28. The Kier molecular flexibility index (Phi) is 5.69. The number of Topliss-reactive ketones (excluding diaryl/α,β-unsaturated/α-hetero) is 2. The molecule has 0 bridgehead atoms. The van der Waals surface area contributed by atoms with Crippen LogP contribution in [0.25, 0.3) is 0 Å². The molecule has 0 heterocycles. The van der Waals surface area contributed by atoms with Crippen LogP contribution in [-0.4, -0.2) is 23.1 Å². The van der Waals surface area contributed by atoms with Gasteiger partial charge in [-0.15, -0.1) is 0 Å². The minimum absolute atomic E-state index is 0.121. The zero-order valence-corrected chi connectivity index (χ0v) is 11.6. The van der Waals surface area contributed by atoms with Gasteiger partial charge in [0.2, 0.25) is 5.78 Å². The van der Waals surface area contributed by atoms with Crippen LogP contribution < -0.4 is 0 Å². The zero-order chi connectivity index (χ0) is 14.5. The summed E-state index contributed by atoms with van der Waals surface area (Å²) >= 11 is 0. The van der Waals surface area contributed by atoms with E-state index in [-0.39, 0.29) is 6.42 Å². The fourth-order valence-electron chi connectivity index (χ4n) is 1.14. The highest BCUT2D eigenvalue weighted by Crippen LogP contribution is 2.12. The van der Waals surface area contributed by atoms with Crippen molar-refractivity contribution in [1.29, 1.82) is 0 Å². The number of carbonyl (C=O) groups excluding carboxylic acids is 3. The summed E-state index contributed by atoms with van der Waals surface area (Å²) in [5.74, 6) is -3.00. The fourth-order valence-corrected chi connectivity index (χ4v) is 1.14. The number of hydrogen-bond donors (Lipinski definition) is 0. The molecular weight excluding hydrogens is 232 g/mol. The third kappa shape index (κ3) is 5.57. The van der Waals surface area contributed by atoms with Gasteiger partial charge in [0, 0.05) is 6.42 Å². The van der Waals surface area contributed by atoms with Crippen LogP contribution in [0.3, 0.4) is 0 Å². The molecule has 0 rings (SSSR count). The summed E-state index contributed by atoms with van der Waals surface area (Å²) in [6.07, 6.45) is 1.39. The quantitative estimate of drug-likeness (QED) is 0.326. The Morgan fingerprint density at radius 2 is 1.67 bits per heavy atom. The predicted octanol–water partition coefficient (Wildman–Crippen LogP) is 2.38. The van der Waals surface area contributed by atoms with E-state index >= 15 is 0 Å². The minimum atomic E-state index is -1.12. The number of allylic oxidation sites excluding steroid dienone is 3. The molecule has 18 heavy (non-hydrogen) atoms. The minimum Gasteiger partial charge on any atom is -0.454 e. The molecule has 0 aliphatic heterocycles. The lowest BCUT2D eigenvalue weighted by molar-refractivity contribution is -0.164. The summed E-state index contributed by atoms with van der Waals surface area (Å²) in [5, 5.41) is 0. The van der Waals surface area contributed by atoms with Crippen LogP contribution in [0, 0.1) is 0 Å². The molecule has 0 aromatic carbocycles. The summed E-state index contributed by atoms with van der Waals surface area (Å²) < 4.78 is 4.85. The Morgan fingerprint density at radius 3 is 2.00 bits per heavy atom. The second-order valence-corrected chi connectivity index (χ2v) is 5.16. The molecule has 0 amide bonds. The second-order valence-electron chi connectivity index (χ2n) is 5.16. The first-order chi connectivity index (χ1) is 8.08. The molecule has 0 saturated carbocycles. The standard InChI is InChI=1S/C14H20O4/c1-7-10(9(2)3)8-11(15)12(16)13(17)18-14(4,5)6/h7H,1,8H2,2-6H3. The van der Waals surface area contributed by atoms with Crippen molar-refractivity contribution in [2.24, 2.45) is 0 Å². The average molecular weight is 252 g/mol. The lowest BCUT2D eigenvalue weighted by Crippen LogP contribution is -2.33. The molecule has 0 N–H and O–H groups in total. The maximum atomic E-state index is 11.6. The summed E-state index contributed by atoms with van der Waals surface area (Å²) in [6.45, 7) is 12.1. The van der Waals surface area contributed by atoms with Crippen LogP contribution in [0.15, 0.2) is 23.8 Å². The molecule has 0 fully saturated rings. The van der Waals surface area contributed by atoms with E-state index in [1.807, 2.05) is 13.8 Å². The predicted molar refractivity (Wildman–Crippen MR) is 69.0 cm³/mol. The van der Waals surface area contributed by atoms with Crippen LogP contribution in [0.5, 0.6) is 0 Å². The molecule has 100 valence electrons. The molecule has 0 aliphatic carbocycles. The van der Waals surface area contributed by atoms with Gasteiger partial charge in [-0.25, -0.2) is 4.79 Å². The molecule has 0 aromatic heterocycles. The van der Waals surface area contributed by atoms with Gasteiger partial charge in [0.1, 0.15) is 5.60 Å². The van der Waals surface area contributed by atoms with Gasteiger partial charge in [-0.2, -0.15) is 0 Å². The van der Waals surface area contributed by atoms with E-state index in [0.717, 1.165) is 5.57 Å². The zero-order valence-electron chi connectivity index (χ0n) is 11.6. The Balaban J connectivity index is 4.73. The van der Waals surface area contributed by atoms with Gasteiger partial charge in [-0.05, 0) is 40.2 Å². The molecule has 0 atom stereocenters. The van der Waals surface area contributed by atoms with E-state index in [2.05, 4.69) is 6.58 Å². The van der Waals surface area contributed by atoms with Crippen LogP contribution in [-0.2, 0) is 19.1 Å². The van der Waals surface area contributed by atoms with Crippen molar-refractivity contribution in [3.05, 3.63) is 23.8 Å². The van der Waals surface area contributed by atoms with Crippen LogP contribution >= 0.6 is 0 Å². The van der Waals surface area contributed by atoms with Crippen molar-refractivity contribution in [2.75, 3.05) is 0 Å². The van der Waals surface area contributed by atoms with E-state index < -0.39 is 23.1 Å². The van der Waals surface area contributed by atoms with E-state index in [4.69, 9.17) is 4.74 Å². The molecular formula is C14H20O4. The molecule has 0 spiro atoms. The third-order valence-electron chi connectivity index (χ3n) is 2.08.